The Morgan fingerprint density at radius 2 is 1.25 bits per heavy atom. The first-order chi connectivity index (χ1) is 7.51. The van der Waals surface area contributed by atoms with Crippen LogP contribution in [-0.2, 0) is 9.59 Å². The van der Waals surface area contributed by atoms with Crippen LogP contribution in [0.1, 0.15) is 40.5 Å². The molecule has 1 fully saturated rings. The van der Waals surface area contributed by atoms with E-state index in [-0.39, 0.29) is 35.7 Å². The molecule has 4 heteroatoms. The van der Waals surface area contributed by atoms with Crippen LogP contribution in [0.25, 0.3) is 0 Å². The molecule has 0 aromatic carbocycles. The van der Waals surface area contributed by atoms with Crippen molar-refractivity contribution in [2.24, 2.45) is 11.8 Å². The topological polar surface area (TPSA) is 58.2 Å². The monoisotopic (exact) mass is 226 g/mol. The van der Waals surface area contributed by atoms with Gasteiger partial charge in [-0.15, -0.1) is 0 Å². The maximum Gasteiger partial charge on any atom is 0.243 e. The molecule has 0 unspecified atom stereocenters. The minimum atomic E-state index is -0.363. The molecule has 1 saturated heterocycles. The molecule has 92 valence electrons. The van der Waals surface area contributed by atoms with Crippen molar-refractivity contribution in [2.75, 3.05) is 0 Å². The van der Waals surface area contributed by atoms with Crippen LogP contribution < -0.4 is 10.6 Å². The summed E-state index contributed by atoms with van der Waals surface area (Å²) in [5.41, 5.74) is 0. The van der Waals surface area contributed by atoms with E-state index >= 15 is 0 Å². The molecular weight excluding hydrogens is 204 g/mol. The van der Waals surface area contributed by atoms with Gasteiger partial charge in [0, 0.05) is 0 Å². The van der Waals surface area contributed by atoms with Crippen molar-refractivity contribution < 1.29 is 9.59 Å². The number of hydrogen-bond donors (Lipinski definition) is 2. The van der Waals surface area contributed by atoms with Gasteiger partial charge >= 0.3 is 0 Å². The number of nitrogens with one attached hydrogen (secondary N) is 2. The fraction of sp³-hybridized carbons (Fsp3) is 0.833. The Balaban J connectivity index is 2.71. The van der Waals surface area contributed by atoms with Gasteiger partial charge in [-0.1, -0.05) is 40.5 Å². The van der Waals surface area contributed by atoms with Crippen LogP contribution in [0.5, 0.6) is 0 Å². The van der Waals surface area contributed by atoms with Crippen LogP contribution in [0.2, 0.25) is 0 Å². The highest BCUT2D eigenvalue weighted by Gasteiger charge is 2.37. The number of hydrogen-bond acceptors (Lipinski definition) is 2. The van der Waals surface area contributed by atoms with Crippen LogP contribution >= 0.6 is 0 Å². The van der Waals surface area contributed by atoms with Gasteiger partial charge in [0.2, 0.25) is 11.8 Å². The summed E-state index contributed by atoms with van der Waals surface area (Å²) in [7, 11) is 0. The smallest absolute Gasteiger partial charge is 0.243 e. The fourth-order valence-corrected chi connectivity index (χ4v) is 1.89. The van der Waals surface area contributed by atoms with Crippen molar-refractivity contribution in [3.8, 4) is 0 Å². The Bertz CT molecular complexity index is 250. The van der Waals surface area contributed by atoms with E-state index in [1.165, 1.54) is 0 Å². The van der Waals surface area contributed by atoms with Crippen molar-refractivity contribution in [2.45, 2.75) is 52.6 Å². The molecule has 0 bridgehead atoms. The van der Waals surface area contributed by atoms with Gasteiger partial charge in [0.05, 0.1) is 0 Å². The molecule has 2 N–H and O–H groups in total. The molecule has 0 aromatic heterocycles. The SMILES string of the molecule is CC[C@H](C)[C@@H]1NC(=O)[C@H]([C@@H](C)CC)NC1=O. The summed E-state index contributed by atoms with van der Waals surface area (Å²) in [6, 6.07) is -0.726. The third-order valence-corrected chi connectivity index (χ3v) is 3.59. The van der Waals surface area contributed by atoms with Crippen molar-refractivity contribution in [3.05, 3.63) is 0 Å². The Labute approximate surface area is 97.2 Å². The van der Waals surface area contributed by atoms with E-state index in [9.17, 15) is 9.59 Å². The zero-order valence-corrected chi connectivity index (χ0v) is 10.5. The molecule has 1 aliphatic heterocycles. The highest BCUT2D eigenvalue weighted by atomic mass is 16.2. The largest absolute Gasteiger partial charge is 0.342 e. The van der Waals surface area contributed by atoms with E-state index in [0.29, 0.717) is 0 Å². The first-order valence-corrected chi connectivity index (χ1v) is 6.12. The van der Waals surface area contributed by atoms with Gasteiger partial charge in [-0.25, -0.2) is 0 Å². The maximum absolute atomic E-state index is 11.8. The molecule has 1 heterocycles. The molecule has 0 spiro atoms. The van der Waals surface area contributed by atoms with E-state index in [0.717, 1.165) is 12.8 Å². The van der Waals surface area contributed by atoms with Crippen molar-refractivity contribution in [1.29, 1.82) is 0 Å². The van der Waals surface area contributed by atoms with Gasteiger partial charge in [-0.3, -0.25) is 9.59 Å². The second-order valence-electron chi connectivity index (χ2n) is 4.74. The average Bonchev–Trinajstić information content (AvgIpc) is 2.29. The third-order valence-electron chi connectivity index (χ3n) is 3.59. The standard InChI is InChI=1S/C12H22N2O2/c1-5-7(3)9-11(15)14-10(8(4)6-2)12(16)13-9/h7-10H,5-6H2,1-4H3,(H,13,16)(H,14,15)/t7-,8-,9-,10-/m0/s1. The van der Waals surface area contributed by atoms with Crippen LogP contribution in [-0.4, -0.2) is 23.9 Å². The molecule has 0 aliphatic carbocycles. The molecule has 2 amide bonds. The Kier molecular flexibility index (Phi) is 4.33. The molecule has 4 nitrogen and oxygen atoms in total. The predicted molar refractivity (Wildman–Crippen MR) is 62.8 cm³/mol. The lowest BCUT2D eigenvalue weighted by Crippen LogP contribution is -2.65. The van der Waals surface area contributed by atoms with Gasteiger partial charge in [-0.2, -0.15) is 0 Å². The summed E-state index contributed by atoms with van der Waals surface area (Å²) in [6.07, 6.45) is 1.76. The number of piperazine rings is 1. The first-order valence-electron chi connectivity index (χ1n) is 6.12. The van der Waals surface area contributed by atoms with Gasteiger partial charge in [0.1, 0.15) is 12.1 Å². The summed E-state index contributed by atoms with van der Waals surface area (Å²) in [6.45, 7) is 8.00. The van der Waals surface area contributed by atoms with E-state index in [1.54, 1.807) is 0 Å². The second kappa shape index (κ2) is 5.32. The molecule has 0 radical (unpaired) electrons. The second-order valence-corrected chi connectivity index (χ2v) is 4.74. The molecule has 1 aliphatic rings. The zero-order chi connectivity index (χ0) is 12.3. The third kappa shape index (κ3) is 2.54. The number of carbonyl (C=O) groups excluding carboxylic acids is 2. The molecule has 0 aromatic rings. The Hall–Kier alpha value is -1.06. The highest BCUT2D eigenvalue weighted by Crippen LogP contribution is 2.16. The number of rotatable bonds is 4. The van der Waals surface area contributed by atoms with E-state index < -0.39 is 0 Å². The van der Waals surface area contributed by atoms with Gasteiger partial charge in [0.15, 0.2) is 0 Å². The van der Waals surface area contributed by atoms with Crippen molar-refractivity contribution in [3.63, 3.8) is 0 Å². The van der Waals surface area contributed by atoms with Crippen molar-refractivity contribution in [1.82, 2.24) is 10.6 Å². The quantitative estimate of drug-likeness (QED) is 0.753. The molecule has 16 heavy (non-hydrogen) atoms. The lowest BCUT2D eigenvalue weighted by Gasteiger charge is -2.34. The van der Waals surface area contributed by atoms with Gasteiger partial charge in [0.25, 0.3) is 0 Å². The fourth-order valence-electron chi connectivity index (χ4n) is 1.89. The molecule has 1 rings (SSSR count). The number of amides is 2. The minimum absolute atomic E-state index is 0.0424. The van der Waals surface area contributed by atoms with Gasteiger partial charge < -0.3 is 10.6 Å². The van der Waals surface area contributed by atoms with E-state index in [4.69, 9.17) is 0 Å². The predicted octanol–water partition coefficient (Wildman–Crippen LogP) is 1.06. The Morgan fingerprint density at radius 3 is 1.50 bits per heavy atom. The first kappa shape index (κ1) is 13.0. The minimum Gasteiger partial charge on any atom is -0.342 e. The normalized spacial score (nSPS) is 29.2. The summed E-state index contributed by atoms with van der Waals surface area (Å²) in [5.74, 6) is 0.280. The molecule has 0 saturated carbocycles. The summed E-state index contributed by atoms with van der Waals surface area (Å²) in [5, 5.41) is 5.66. The summed E-state index contributed by atoms with van der Waals surface area (Å²) < 4.78 is 0. The highest BCUT2D eigenvalue weighted by molar-refractivity contribution is 5.97. The summed E-state index contributed by atoms with van der Waals surface area (Å²) >= 11 is 0. The van der Waals surface area contributed by atoms with Crippen LogP contribution in [0, 0.1) is 11.8 Å². The van der Waals surface area contributed by atoms with E-state index in [2.05, 4.69) is 10.6 Å². The Morgan fingerprint density at radius 1 is 0.938 bits per heavy atom. The van der Waals surface area contributed by atoms with E-state index in [1.807, 2.05) is 27.7 Å². The molecule has 4 atom stereocenters. The summed E-state index contributed by atoms with van der Waals surface area (Å²) in [4.78, 5) is 23.7. The maximum atomic E-state index is 11.8. The average molecular weight is 226 g/mol. The number of carbonyl (C=O) groups is 2. The molecular formula is C12H22N2O2. The lowest BCUT2D eigenvalue weighted by atomic mass is 9.91. The lowest BCUT2D eigenvalue weighted by molar-refractivity contribution is -0.139. The zero-order valence-electron chi connectivity index (χ0n) is 10.5. The van der Waals surface area contributed by atoms with Crippen LogP contribution in [0.15, 0.2) is 0 Å². The van der Waals surface area contributed by atoms with Crippen LogP contribution in [0.4, 0.5) is 0 Å². The van der Waals surface area contributed by atoms with Crippen LogP contribution in [0.3, 0.4) is 0 Å². The van der Waals surface area contributed by atoms with Gasteiger partial charge in [-0.05, 0) is 11.8 Å². The van der Waals surface area contributed by atoms with Crippen molar-refractivity contribution >= 4 is 11.8 Å².